The predicted octanol–water partition coefficient (Wildman–Crippen LogP) is 4.18. The summed E-state index contributed by atoms with van der Waals surface area (Å²) in [5.41, 5.74) is 2.13. The van der Waals surface area contributed by atoms with Gasteiger partial charge in [-0.15, -0.1) is 0 Å². The van der Waals surface area contributed by atoms with Gasteiger partial charge < -0.3 is 9.84 Å². The molecular weight excluding hydrogens is 304 g/mol. The molecule has 1 aromatic rings. The highest BCUT2D eigenvalue weighted by molar-refractivity contribution is 9.10. The number of rotatable bonds is 4. The van der Waals surface area contributed by atoms with Crippen molar-refractivity contribution in [2.75, 3.05) is 7.11 Å². The van der Waals surface area contributed by atoms with Gasteiger partial charge in [-0.3, -0.25) is 0 Å². The number of hydrogen-bond acceptors (Lipinski definition) is 2. The second-order valence-electron chi connectivity index (χ2n) is 6.08. The van der Waals surface area contributed by atoms with Crippen molar-refractivity contribution in [1.82, 2.24) is 0 Å². The maximum Gasteiger partial charge on any atom is 0.136 e. The topological polar surface area (TPSA) is 29.5 Å². The van der Waals surface area contributed by atoms with Crippen LogP contribution in [0.1, 0.15) is 55.6 Å². The number of halogens is 1. The predicted molar refractivity (Wildman–Crippen MR) is 79.8 cm³/mol. The molecule has 2 saturated carbocycles. The summed E-state index contributed by atoms with van der Waals surface area (Å²) in [7, 11) is 1.74. The molecule has 3 heteroatoms. The van der Waals surface area contributed by atoms with Gasteiger partial charge in [0.1, 0.15) is 5.75 Å². The molecule has 19 heavy (non-hydrogen) atoms. The number of methoxy groups -OCH3 is 1. The van der Waals surface area contributed by atoms with Crippen LogP contribution in [0.5, 0.6) is 5.75 Å². The maximum atomic E-state index is 10.1. The lowest BCUT2D eigenvalue weighted by Gasteiger charge is -2.18. The van der Waals surface area contributed by atoms with E-state index in [0.29, 0.717) is 5.92 Å². The lowest BCUT2D eigenvalue weighted by atomic mass is 9.93. The van der Waals surface area contributed by atoms with Crippen LogP contribution in [0.4, 0.5) is 0 Å². The molecule has 0 atom stereocenters. The van der Waals surface area contributed by atoms with E-state index < -0.39 is 5.60 Å². The number of hydrogen-bond donors (Lipinski definition) is 1. The SMILES string of the molecule is COc1c(Br)cc(CC2(O)CC2)cc1C1CCCC1. The van der Waals surface area contributed by atoms with Gasteiger partial charge in [-0.25, -0.2) is 0 Å². The number of benzene rings is 1. The highest BCUT2D eigenvalue weighted by Crippen LogP contribution is 2.44. The largest absolute Gasteiger partial charge is 0.495 e. The summed E-state index contributed by atoms with van der Waals surface area (Å²) in [6.07, 6.45) is 7.81. The van der Waals surface area contributed by atoms with Gasteiger partial charge in [0.15, 0.2) is 0 Å². The summed E-state index contributed by atoms with van der Waals surface area (Å²) in [5, 5.41) is 10.1. The molecule has 0 saturated heterocycles. The lowest BCUT2D eigenvalue weighted by molar-refractivity contribution is 0.151. The Balaban J connectivity index is 1.94. The summed E-state index contributed by atoms with van der Waals surface area (Å²) >= 11 is 3.63. The van der Waals surface area contributed by atoms with Crippen LogP contribution in [0.25, 0.3) is 0 Å². The smallest absolute Gasteiger partial charge is 0.136 e. The Morgan fingerprint density at radius 2 is 2.00 bits per heavy atom. The summed E-state index contributed by atoms with van der Waals surface area (Å²) in [6, 6.07) is 4.36. The lowest BCUT2D eigenvalue weighted by Crippen LogP contribution is -2.11. The molecule has 0 amide bonds. The van der Waals surface area contributed by atoms with Crippen molar-refractivity contribution in [1.29, 1.82) is 0 Å². The molecule has 0 spiro atoms. The molecule has 2 aliphatic carbocycles. The molecule has 2 aliphatic rings. The van der Waals surface area contributed by atoms with Crippen LogP contribution in [0, 0.1) is 0 Å². The van der Waals surface area contributed by atoms with E-state index in [1.165, 1.54) is 36.8 Å². The first-order chi connectivity index (χ1) is 9.11. The Bertz CT molecular complexity index is 474. The first-order valence-corrected chi connectivity index (χ1v) is 7.99. The van der Waals surface area contributed by atoms with Crippen molar-refractivity contribution in [3.63, 3.8) is 0 Å². The molecule has 2 fully saturated rings. The Labute approximate surface area is 123 Å². The molecule has 0 radical (unpaired) electrons. The average Bonchev–Trinajstić information content (AvgIpc) is 2.91. The molecule has 3 rings (SSSR count). The molecular formula is C16H21BrO2. The standard InChI is InChI=1S/C16H21BrO2/c1-19-15-13(12-4-2-3-5-12)8-11(9-14(15)17)10-16(18)6-7-16/h8-9,12,18H,2-7,10H2,1H3. The van der Waals surface area contributed by atoms with Crippen molar-refractivity contribution in [2.45, 2.75) is 56.5 Å². The van der Waals surface area contributed by atoms with Gasteiger partial charge in [0, 0.05) is 6.42 Å². The van der Waals surface area contributed by atoms with Gasteiger partial charge in [0.25, 0.3) is 0 Å². The molecule has 0 bridgehead atoms. The summed E-state index contributed by atoms with van der Waals surface area (Å²) in [4.78, 5) is 0. The zero-order valence-electron chi connectivity index (χ0n) is 11.4. The third kappa shape index (κ3) is 2.82. The molecule has 104 valence electrons. The second kappa shape index (κ2) is 5.10. The van der Waals surface area contributed by atoms with E-state index in [2.05, 4.69) is 28.1 Å². The zero-order valence-corrected chi connectivity index (χ0v) is 13.0. The van der Waals surface area contributed by atoms with E-state index in [1.54, 1.807) is 7.11 Å². The van der Waals surface area contributed by atoms with Crippen LogP contribution in [0.3, 0.4) is 0 Å². The van der Waals surface area contributed by atoms with Crippen LogP contribution < -0.4 is 4.74 Å². The van der Waals surface area contributed by atoms with Gasteiger partial charge in [-0.2, -0.15) is 0 Å². The average molecular weight is 325 g/mol. The Hall–Kier alpha value is -0.540. The van der Waals surface area contributed by atoms with E-state index >= 15 is 0 Å². The zero-order chi connectivity index (χ0) is 13.5. The van der Waals surface area contributed by atoms with Gasteiger partial charge in [-0.05, 0) is 64.7 Å². The third-order valence-corrected chi connectivity index (χ3v) is 5.08. The molecule has 1 aromatic carbocycles. The maximum absolute atomic E-state index is 10.1. The van der Waals surface area contributed by atoms with Gasteiger partial charge in [-0.1, -0.05) is 18.9 Å². The summed E-state index contributed by atoms with van der Waals surface area (Å²) in [5.74, 6) is 1.61. The van der Waals surface area contributed by atoms with Crippen LogP contribution in [0.2, 0.25) is 0 Å². The highest BCUT2D eigenvalue weighted by Gasteiger charge is 2.40. The fourth-order valence-corrected chi connectivity index (χ4v) is 3.92. The number of aliphatic hydroxyl groups is 1. The van der Waals surface area contributed by atoms with Crippen LogP contribution in [-0.2, 0) is 6.42 Å². The van der Waals surface area contributed by atoms with Gasteiger partial charge >= 0.3 is 0 Å². The van der Waals surface area contributed by atoms with E-state index in [0.717, 1.165) is 29.5 Å². The minimum Gasteiger partial charge on any atom is -0.495 e. The Kier molecular flexibility index (Phi) is 3.61. The normalized spacial score (nSPS) is 21.6. The monoisotopic (exact) mass is 324 g/mol. The van der Waals surface area contributed by atoms with Crippen molar-refractivity contribution in [2.24, 2.45) is 0 Å². The van der Waals surface area contributed by atoms with Crippen molar-refractivity contribution in [3.8, 4) is 5.75 Å². The Morgan fingerprint density at radius 3 is 2.58 bits per heavy atom. The van der Waals surface area contributed by atoms with E-state index in [-0.39, 0.29) is 0 Å². The third-order valence-electron chi connectivity index (χ3n) is 4.49. The van der Waals surface area contributed by atoms with E-state index in [9.17, 15) is 5.11 Å². The highest BCUT2D eigenvalue weighted by atomic mass is 79.9. The van der Waals surface area contributed by atoms with Gasteiger partial charge in [0.05, 0.1) is 17.2 Å². The second-order valence-corrected chi connectivity index (χ2v) is 6.94. The molecule has 0 unspecified atom stereocenters. The molecule has 0 aromatic heterocycles. The van der Waals surface area contributed by atoms with Crippen molar-refractivity contribution in [3.05, 3.63) is 27.7 Å². The first-order valence-electron chi connectivity index (χ1n) is 7.20. The molecule has 0 heterocycles. The van der Waals surface area contributed by atoms with Crippen LogP contribution in [0.15, 0.2) is 16.6 Å². The molecule has 0 aliphatic heterocycles. The Morgan fingerprint density at radius 1 is 1.32 bits per heavy atom. The van der Waals surface area contributed by atoms with Crippen molar-refractivity contribution >= 4 is 15.9 Å². The fraction of sp³-hybridized carbons (Fsp3) is 0.625. The minimum absolute atomic E-state index is 0.430. The molecule has 2 nitrogen and oxygen atoms in total. The first kappa shape index (κ1) is 13.4. The number of ether oxygens (including phenoxy) is 1. The van der Waals surface area contributed by atoms with Crippen LogP contribution in [-0.4, -0.2) is 17.8 Å². The van der Waals surface area contributed by atoms with Crippen molar-refractivity contribution < 1.29 is 9.84 Å². The van der Waals surface area contributed by atoms with Crippen LogP contribution >= 0.6 is 15.9 Å². The van der Waals surface area contributed by atoms with E-state index in [4.69, 9.17) is 4.74 Å². The fourth-order valence-electron chi connectivity index (χ4n) is 3.23. The molecule has 1 N–H and O–H groups in total. The minimum atomic E-state index is -0.430. The van der Waals surface area contributed by atoms with E-state index in [1.807, 2.05) is 0 Å². The van der Waals surface area contributed by atoms with Gasteiger partial charge in [0.2, 0.25) is 0 Å². The summed E-state index contributed by atoms with van der Waals surface area (Å²) in [6.45, 7) is 0. The quantitative estimate of drug-likeness (QED) is 0.900. The summed E-state index contributed by atoms with van der Waals surface area (Å²) < 4.78 is 6.61.